The van der Waals surface area contributed by atoms with Crippen LogP contribution in [0.25, 0.3) is 11.1 Å². The molecule has 2 aromatic carbocycles. The van der Waals surface area contributed by atoms with Crippen LogP contribution in [0, 0.1) is 5.82 Å². The second-order valence-electron chi connectivity index (χ2n) is 4.06. The van der Waals surface area contributed by atoms with Gasteiger partial charge in [0.05, 0.1) is 0 Å². The number of rotatable bonds is 1. The highest BCUT2D eigenvalue weighted by Crippen LogP contribution is 2.45. The summed E-state index contributed by atoms with van der Waals surface area (Å²) in [6.45, 7) is 1.76. The van der Waals surface area contributed by atoms with Crippen LogP contribution in [-0.2, 0) is 0 Å². The van der Waals surface area contributed by atoms with Gasteiger partial charge in [-0.1, -0.05) is 29.8 Å². The molecule has 1 aliphatic heterocycles. The van der Waals surface area contributed by atoms with Crippen LogP contribution in [0.15, 0.2) is 36.4 Å². The predicted octanol–water partition coefficient (Wildman–Crippen LogP) is 4.26. The summed E-state index contributed by atoms with van der Waals surface area (Å²) in [5.74, 6) is 0.579. The van der Waals surface area contributed by atoms with Crippen LogP contribution in [0.5, 0.6) is 11.5 Å². The first kappa shape index (κ1) is 11.4. The van der Waals surface area contributed by atoms with Gasteiger partial charge in [-0.3, -0.25) is 0 Å². The molecule has 1 unspecified atom stereocenters. The summed E-state index contributed by atoms with van der Waals surface area (Å²) in [5.41, 5.74) is 1.34. The molecule has 2 aromatic rings. The summed E-state index contributed by atoms with van der Waals surface area (Å²) in [5, 5.41) is 0.549. The SMILES string of the molecule is CC1Oc2cc(F)cc(-c3ccccc3Cl)c2O1. The first-order valence-electron chi connectivity index (χ1n) is 5.57. The van der Waals surface area contributed by atoms with E-state index in [1.807, 2.05) is 18.2 Å². The molecule has 1 atom stereocenters. The monoisotopic (exact) mass is 264 g/mol. The topological polar surface area (TPSA) is 18.5 Å². The smallest absolute Gasteiger partial charge is 0.238 e. The molecule has 0 amide bonds. The molecule has 3 rings (SSSR count). The molecule has 0 fully saturated rings. The molecule has 18 heavy (non-hydrogen) atoms. The van der Waals surface area contributed by atoms with Crippen LogP contribution in [0.1, 0.15) is 6.92 Å². The lowest BCUT2D eigenvalue weighted by molar-refractivity contribution is 0.0680. The van der Waals surface area contributed by atoms with E-state index in [0.29, 0.717) is 22.1 Å². The van der Waals surface area contributed by atoms with E-state index in [4.69, 9.17) is 21.1 Å². The number of halogens is 2. The van der Waals surface area contributed by atoms with E-state index >= 15 is 0 Å². The van der Waals surface area contributed by atoms with Gasteiger partial charge in [0, 0.05) is 29.1 Å². The highest BCUT2D eigenvalue weighted by atomic mass is 35.5. The molecular weight excluding hydrogens is 255 g/mol. The van der Waals surface area contributed by atoms with Gasteiger partial charge in [-0.2, -0.15) is 0 Å². The van der Waals surface area contributed by atoms with E-state index < -0.39 is 6.29 Å². The maximum Gasteiger partial charge on any atom is 0.238 e. The van der Waals surface area contributed by atoms with Gasteiger partial charge in [-0.25, -0.2) is 4.39 Å². The van der Waals surface area contributed by atoms with Crippen LogP contribution >= 0.6 is 11.6 Å². The van der Waals surface area contributed by atoms with Crippen molar-refractivity contribution in [2.24, 2.45) is 0 Å². The Balaban J connectivity index is 2.22. The van der Waals surface area contributed by atoms with Gasteiger partial charge < -0.3 is 9.47 Å². The zero-order valence-electron chi connectivity index (χ0n) is 9.61. The van der Waals surface area contributed by atoms with Crippen molar-refractivity contribution in [2.45, 2.75) is 13.2 Å². The Bertz CT molecular complexity index is 613. The number of hydrogen-bond donors (Lipinski definition) is 0. The number of fused-ring (bicyclic) bond motifs is 1. The van der Waals surface area contributed by atoms with Gasteiger partial charge in [0.1, 0.15) is 5.82 Å². The van der Waals surface area contributed by atoms with Gasteiger partial charge in [-0.15, -0.1) is 0 Å². The van der Waals surface area contributed by atoms with E-state index in [2.05, 4.69) is 0 Å². The van der Waals surface area contributed by atoms with Crippen molar-refractivity contribution in [3.8, 4) is 22.6 Å². The van der Waals surface area contributed by atoms with E-state index in [1.54, 1.807) is 13.0 Å². The molecule has 0 radical (unpaired) electrons. The van der Waals surface area contributed by atoms with Crippen molar-refractivity contribution >= 4 is 11.6 Å². The zero-order chi connectivity index (χ0) is 12.7. The summed E-state index contributed by atoms with van der Waals surface area (Å²) >= 11 is 6.13. The third-order valence-electron chi connectivity index (χ3n) is 2.76. The highest BCUT2D eigenvalue weighted by molar-refractivity contribution is 6.33. The van der Waals surface area contributed by atoms with Crippen molar-refractivity contribution in [1.82, 2.24) is 0 Å². The normalized spacial score (nSPS) is 16.9. The lowest BCUT2D eigenvalue weighted by atomic mass is 10.0. The molecule has 92 valence electrons. The lowest BCUT2D eigenvalue weighted by Gasteiger charge is -2.08. The molecule has 0 aliphatic carbocycles. The molecule has 1 aliphatic rings. The Morgan fingerprint density at radius 1 is 1.11 bits per heavy atom. The van der Waals surface area contributed by atoms with Crippen molar-refractivity contribution in [3.05, 3.63) is 47.2 Å². The predicted molar refractivity (Wildman–Crippen MR) is 67.6 cm³/mol. The molecule has 0 saturated carbocycles. The molecule has 0 spiro atoms. The second kappa shape index (κ2) is 4.18. The van der Waals surface area contributed by atoms with Gasteiger partial charge in [0.15, 0.2) is 11.5 Å². The van der Waals surface area contributed by atoms with Gasteiger partial charge in [-0.05, 0) is 12.1 Å². The quantitative estimate of drug-likeness (QED) is 0.766. The number of benzene rings is 2. The van der Waals surface area contributed by atoms with Crippen LogP contribution < -0.4 is 9.47 Å². The Hall–Kier alpha value is -1.74. The largest absolute Gasteiger partial charge is 0.451 e. The maximum absolute atomic E-state index is 13.6. The fourth-order valence-corrected chi connectivity index (χ4v) is 2.26. The summed E-state index contributed by atoms with van der Waals surface area (Å²) in [4.78, 5) is 0. The molecule has 0 aromatic heterocycles. The van der Waals surface area contributed by atoms with E-state index in [9.17, 15) is 4.39 Å². The van der Waals surface area contributed by atoms with Gasteiger partial charge in [0.25, 0.3) is 0 Å². The van der Waals surface area contributed by atoms with E-state index in [0.717, 1.165) is 5.56 Å². The van der Waals surface area contributed by atoms with Crippen LogP contribution in [-0.4, -0.2) is 6.29 Å². The highest BCUT2D eigenvalue weighted by Gasteiger charge is 2.26. The average molecular weight is 265 g/mol. The fraction of sp³-hybridized carbons (Fsp3) is 0.143. The molecule has 0 N–H and O–H groups in total. The van der Waals surface area contributed by atoms with Crippen molar-refractivity contribution in [2.75, 3.05) is 0 Å². The molecular formula is C14H10ClFO2. The number of hydrogen-bond acceptors (Lipinski definition) is 2. The second-order valence-corrected chi connectivity index (χ2v) is 4.47. The average Bonchev–Trinajstić information content (AvgIpc) is 2.69. The Morgan fingerprint density at radius 2 is 1.89 bits per heavy atom. The zero-order valence-corrected chi connectivity index (χ0v) is 10.4. The van der Waals surface area contributed by atoms with Gasteiger partial charge >= 0.3 is 0 Å². The maximum atomic E-state index is 13.6. The van der Waals surface area contributed by atoms with Crippen LogP contribution in [0.3, 0.4) is 0 Å². The number of ether oxygens (including phenoxy) is 2. The van der Waals surface area contributed by atoms with Crippen molar-refractivity contribution < 1.29 is 13.9 Å². The first-order chi connectivity index (χ1) is 8.65. The van der Waals surface area contributed by atoms with Crippen molar-refractivity contribution in [3.63, 3.8) is 0 Å². The molecule has 1 heterocycles. The third kappa shape index (κ3) is 1.81. The van der Waals surface area contributed by atoms with Crippen LogP contribution in [0.4, 0.5) is 4.39 Å². The Labute approximate surface area is 109 Å². The fourth-order valence-electron chi connectivity index (χ4n) is 2.03. The molecule has 0 saturated heterocycles. The summed E-state index contributed by atoms with van der Waals surface area (Å²) < 4.78 is 24.5. The summed E-state index contributed by atoms with van der Waals surface area (Å²) in [6.07, 6.45) is -0.414. The Kier molecular flexibility index (Phi) is 2.63. The minimum Gasteiger partial charge on any atom is -0.451 e. The van der Waals surface area contributed by atoms with Gasteiger partial charge in [0.2, 0.25) is 6.29 Å². The minimum absolute atomic E-state index is 0.374. The standard InChI is InChI=1S/C14H10ClFO2/c1-8-17-13-7-9(16)6-11(14(13)18-8)10-4-2-3-5-12(10)15/h2-8H,1H3. The Morgan fingerprint density at radius 3 is 2.67 bits per heavy atom. The van der Waals surface area contributed by atoms with E-state index in [-0.39, 0.29) is 5.82 Å². The third-order valence-corrected chi connectivity index (χ3v) is 3.09. The molecule has 4 heteroatoms. The summed E-state index contributed by atoms with van der Waals surface area (Å²) in [7, 11) is 0. The van der Waals surface area contributed by atoms with E-state index in [1.165, 1.54) is 12.1 Å². The lowest BCUT2D eigenvalue weighted by Crippen LogP contribution is -2.11. The van der Waals surface area contributed by atoms with Crippen molar-refractivity contribution in [1.29, 1.82) is 0 Å². The molecule has 2 nitrogen and oxygen atoms in total. The first-order valence-corrected chi connectivity index (χ1v) is 5.94. The van der Waals surface area contributed by atoms with Crippen LogP contribution in [0.2, 0.25) is 5.02 Å². The molecule has 0 bridgehead atoms. The summed E-state index contributed by atoms with van der Waals surface area (Å²) in [6, 6.07) is 9.97. The minimum atomic E-state index is -0.414.